The first-order valence-corrected chi connectivity index (χ1v) is 5.42. The largest absolute Gasteiger partial charge is 0.399 e. The minimum atomic E-state index is 0.157. The van der Waals surface area contributed by atoms with Crippen LogP contribution in [0.25, 0.3) is 0 Å². The molecule has 1 fully saturated rings. The van der Waals surface area contributed by atoms with Crippen molar-refractivity contribution in [2.45, 2.75) is 19.4 Å². The van der Waals surface area contributed by atoms with Crippen molar-refractivity contribution in [3.05, 3.63) is 29.3 Å². The van der Waals surface area contributed by atoms with E-state index in [1.807, 2.05) is 17.0 Å². The second-order valence-electron chi connectivity index (χ2n) is 4.55. The smallest absolute Gasteiger partial charge is 0.254 e. The quantitative estimate of drug-likeness (QED) is 0.741. The number of hydrogen-bond donors (Lipinski definition) is 1. The minimum Gasteiger partial charge on any atom is -0.399 e. The van der Waals surface area contributed by atoms with Gasteiger partial charge in [-0.15, -0.1) is 0 Å². The minimum absolute atomic E-state index is 0.157. The predicted octanol–water partition coefficient (Wildman–Crippen LogP) is 1.63. The van der Waals surface area contributed by atoms with E-state index in [2.05, 4.69) is 0 Å². The number of nitrogens with zero attached hydrogens (tertiary/aromatic N) is 1. The van der Waals surface area contributed by atoms with E-state index < -0.39 is 0 Å². The van der Waals surface area contributed by atoms with Gasteiger partial charge >= 0.3 is 0 Å². The van der Waals surface area contributed by atoms with Gasteiger partial charge < -0.3 is 10.6 Å². The van der Waals surface area contributed by atoms with Gasteiger partial charge in [0.25, 0.3) is 5.91 Å². The fraction of sp³-hybridized carbons (Fsp3) is 0.417. The van der Waals surface area contributed by atoms with Crippen LogP contribution in [0.2, 0.25) is 0 Å². The van der Waals surface area contributed by atoms with E-state index in [4.69, 9.17) is 5.73 Å². The molecule has 3 nitrogen and oxygen atoms in total. The Kier molecular flexibility index (Phi) is 1.75. The highest BCUT2D eigenvalue weighted by Gasteiger charge is 2.32. The lowest BCUT2D eigenvalue weighted by molar-refractivity contribution is 0.0771. The predicted molar refractivity (Wildman–Crippen MR) is 58.3 cm³/mol. The molecule has 0 aromatic heterocycles. The zero-order valence-corrected chi connectivity index (χ0v) is 8.57. The molecule has 1 amide bonds. The second kappa shape index (κ2) is 2.99. The monoisotopic (exact) mass is 202 g/mol. The Morgan fingerprint density at radius 3 is 2.93 bits per heavy atom. The molecule has 1 aliphatic heterocycles. The summed E-state index contributed by atoms with van der Waals surface area (Å²) in [7, 11) is 0. The Balaban J connectivity index is 1.87. The van der Waals surface area contributed by atoms with Gasteiger partial charge in [0.15, 0.2) is 0 Å². The van der Waals surface area contributed by atoms with E-state index in [1.54, 1.807) is 6.07 Å². The Labute approximate surface area is 88.9 Å². The summed E-state index contributed by atoms with van der Waals surface area (Å²) in [6.45, 7) is 1.69. The average Bonchev–Trinajstić information content (AvgIpc) is 2.97. The number of carbonyl (C=O) groups excluding carboxylic acids is 1. The van der Waals surface area contributed by atoms with E-state index in [0.29, 0.717) is 5.69 Å². The van der Waals surface area contributed by atoms with E-state index in [-0.39, 0.29) is 5.91 Å². The van der Waals surface area contributed by atoms with Crippen molar-refractivity contribution in [3.8, 4) is 0 Å². The molecule has 0 unspecified atom stereocenters. The van der Waals surface area contributed by atoms with Crippen LogP contribution in [-0.4, -0.2) is 17.4 Å². The zero-order valence-electron chi connectivity index (χ0n) is 8.57. The van der Waals surface area contributed by atoms with E-state index in [9.17, 15) is 4.79 Å². The van der Waals surface area contributed by atoms with Crippen molar-refractivity contribution in [2.75, 3.05) is 12.3 Å². The first-order valence-electron chi connectivity index (χ1n) is 5.42. The van der Waals surface area contributed by atoms with Crippen molar-refractivity contribution in [1.29, 1.82) is 0 Å². The molecule has 15 heavy (non-hydrogen) atoms. The van der Waals surface area contributed by atoms with Gasteiger partial charge in [0.05, 0.1) is 0 Å². The number of benzene rings is 1. The Bertz CT molecular complexity index is 424. The van der Waals surface area contributed by atoms with Crippen LogP contribution < -0.4 is 5.73 Å². The van der Waals surface area contributed by atoms with Crippen LogP contribution in [0, 0.1) is 5.92 Å². The van der Waals surface area contributed by atoms with Crippen LogP contribution in [0.3, 0.4) is 0 Å². The number of carbonyl (C=O) groups is 1. The van der Waals surface area contributed by atoms with Gasteiger partial charge in [-0.2, -0.15) is 0 Å². The van der Waals surface area contributed by atoms with Crippen molar-refractivity contribution in [3.63, 3.8) is 0 Å². The van der Waals surface area contributed by atoms with Gasteiger partial charge in [0, 0.05) is 24.3 Å². The molecule has 0 spiro atoms. The van der Waals surface area contributed by atoms with Gasteiger partial charge in [-0.05, 0) is 36.5 Å². The molecular weight excluding hydrogens is 188 g/mol. The highest BCUT2D eigenvalue weighted by Crippen LogP contribution is 2.33. The van der Waals surface area contributed by atoms with E-state index >= 15 is 0 Å². The molecule has 3 heteroatoms. The first-order chi connectivity index (χ1) is 7.24. The summed E-state index contributed by atoms with van der Waals surface area (Å²) in [6, 6.07) is 5.63. The van der Waals surface area contributed by atoms with Crippen molar-refractivity contribution < 1.29 is 4.79 Å². The topological polar surface area (TPSA) is 46.3 Å². The molecule has 1 saturated carbocycles. The van der Waals surface area contributed by atoms with Gasteiger partial charge in [-0.25, -0.2) is 0 Å². The Morgan fingerprint density at radius 2 is 2.20 bits per heavy atom. The molecule has 0 saturated heterocycles. The molecule has 0 radical (unpaired) electrons. The fourth-order valence-electron chi connectivity index (χ4n) is 2.14. The van der Waals surface area contributed by atoms with Crippen LogP contribution in [-0.2, 0) is 6.54 Å². The highest BCUT2D eigenvalue weighted by atomic mass is 16.2. The lowest BCUT2D eigenvalue weighted by Crippen LogP contribution is -2.26. The van der Waals surface area contributed by atoms with Crippen molar-refractivity contribution in [2.24, 2.45) is 5.92 Å². The second-order valence-corrected chi connectivity index (χ2v) is 4.55. The van der Waals surface area contributed by atoms with Gasteiger partial charge in [-0.1, -0.05) is 6.07 Å². The number of hydrogen-bond acceptors (Lipinski definition) is 2. The van der Waals surface area contributed by atoms with Gasteiger partial charge in [-0.3, -0.25) is 4.79 Å². The third kappa shape index (κ3) is 1.48. The number of nitrogens with two attached hydrogens (primary N) is 1. The Hall–Kier alpha value is -1.51. The average molecular weight is 202 g/mol. The number of amides is 1. The molecule has 1 aromatic rings. The SMILES string of the molecule is Nc1ccc2c(c1)C(=O)N(CC1CC1)C2. The summed E-state index contributed by atoms with van der Waals surface area (Å²) in [4.78, 5) is 13.9. The molecule has 3 rings (SSSR count). The molecule has 78 valence electrons. The van der Waals surface area contributed by atoms with Crippen LogP contribution in [0.15, 0.2) is 18.2 Å². The summed E-state index contributed by atoms with van der Waals surface area (Å²) in [5, 5.41) is 0. The number of fused-ring (bicyclic) bond motifs is 1. The highest BCUT2D eigenvalue weighted by molar-refractivity contribution is 5.99. The fourth-order valence-corrected chi connectivity index (χ4v) is 2.14. The maximum absolute atomic E-state index is 12.0. The molecule has 2 aliphatic rings. The summed E-state index contributed by atoms with van der Waals surface area (Å²) in [5.41, 5.74) is 8.28. The number of nitrogen functional groups attached to an aromatic ring is 1. The lowest BCUT2D eigenvalue weighted by atomic mass is 10.1. The van der Waals surface area contributed by atoms with Crippen LogP contribution in [0.5, 0.6) is 0 Å². The lowest BCUT2D eigenvalue weighted by Gasteiger charge is -2.14. The maximum Gasteiger partial charge on any atom is 0.254 e. The van der Waals surface area contributed by atoms with Crippen molar-refractivity contribution >= 4 is 11.6 Å². The Morgan fingerprint density at radius 1 is 1.40 bits per heavy atom. The summed E-state index contributed by atoms with van der Waals surface area (Å²) in [6.07, 6.45) is 2.56. The standard InChI is InChI=1S/C12H14N2O/c13-10-4-3-9-7-14(6-8-1-2-8)12(15)11(9)5-10/h3-5,8H,1-2,6-7,13H2. The molecular formula is C12H14N2O. The molecule has 1 heterocycles. The normalized spacial score (nSPS) is 19.5. The van der Waals surface area contributed by atoms with E-state index in [1.165, 1.54) is 12.8 Å². The van der Waals surface area contributed by atoms with E-state index in [0.717, 1.165) is 30.1 Å². The number of anilines is 1. The third-order valence-electron chi connectivity index (χ3n) is 3.19. The maximum atomic E-state index is 12.0. The summed E-state index contributed by atoms with van der Waals surface area (Å²) >= 11 is 0. The summed E-state index contributed by atoms with van der Waals surface area (Å²) in [5.74, 6) is 0.907. The van der Waals surface area contributed by atoms with Gasteiger partial charge in [0.2, 0.25) is 0 Å². The molecule has 0 atom stereocenters. The first kappa shape index (κ1) is 8.77. The third-order valence-corrected chi connectivity index (χ3v) is 3.19. The van der Waals surface area contributed by atoms with Gasteiger partial charge in [0.1, 0.15) is 0 Å². The zero-order chi connectivity index (χ0) is 10.4. The van der Waals surface area contributed by atoms with Crippen molar-refractivity contribution in [1.82, 2.24) is 4.90 Å². The van der Waals surface area contributed by atoms with Crippen LogP contribution in [0.1, 0.15) is 28.8 Å². The molecule has 2 N–H and O–H groups in total. The molecule has 0 bridgehead atoms. The molecule has 1 aliphatic carbocycles. The van der Waals surface area contributed by atoms with Crippen LogP contribution >= 0.6 is 0 Å². The summed E-state index contributed by atoms with van der Waals surface area (Å²) < 4.78 is 0. The number of rotatable bonds is 2. The molecule has 1 aromatic carbocycles. The van der Waals surface area contributed by atoms with Crippen LogP contribution in [0.4, 0.5) is 5.69 Å².